The maximum absolute atomic E-state index is 13.2. The molecule has 2 nitrogen and oxygen atoms in total. The molecule has 0 aliphatic heterocycles. The van der Waals surface area contributed by atoms with E-state index >= 15 is 0 Å². The van der Waals surface area contributed by atoms with Crippen LogP contribution in [0.1, 0.15) is 5.56 Å². The molecule has 0 saturated carbocycles. The Morgan fingerprint density at radius 1 is 1.43 bits per heavy atom. The van der Waals surface area contributed by atoms with Gasteiger partial charge in [-0.3, -0.25) is 4.79 Å². The zero-order valence-electron chi connectivity index (χ0n) is 7.40. The van der Waals surface area contributed by atoms with Gasteiger partial charge in [-0.15, -0.1) is 0 Å². The molecule has 14 heavy (non-hydrogen) atoms. The normalized spacial score (nSPS) is 10.8. The molecule has 0 unspecified atom stereocenters. The zero-order chi connectivity index (χ0) is 10.3. The average molecular weight is 212 g/mol. The highest BCUT2D eigenvalue weighted by Gasteiger charge is 2.07. The van der Waals surface area contributed by atoms with Crippen LogP contribution in [-0.2, 0) is 0 Å². The van der Waals surface area contributed by atoms with Crippen molar-refractivity contribution in [2.24, 2.45) is 0 Å². The van der Waals surface area contributed by atoms with E-state index in [0.717, 1.165) is 0 Å². The van der Waals surface area contributed by atoms with Crippen LogP contribution in [0.5, 0.6) is 0 Å². The maximum Gasteiger partial charge on any atom is 0.284 e. The van der Waals surface area contributed by atoms with Crippen LogP contribution in [0.4, 0.5) is 4.39 Å². The molecule has 2 rings (SSSR count). The topological polar surface area (TPSA) is 32.9 Å². The van der Waals surface area contributed by atoms with Crippen molar-refractivity contribution in [2.45, 2.75) is 6.92 Å². The number of aromatic nitrogens is 1. The number of benzene rings is 1. The summed E-state index contributed by atoms with van der Waals surface area (Å²) in [6, 6.07) is 4.94. The van der Waals surface area contributed by atoms with Gasteiger partial charge in [-0.25, -0.2) is 4.39 Å². The molecule has 72 valence electrons. The van der Waals surface area contributed by atoms with E-state index in [-0.39, 0.29) is 0 Å². The van der Waals surface area contributed by atoms with Gasteiger partial charge in [0.15, 0.2) is 5.82 Å². The lowest BCUT2D eigenvalue weighted by molar-refractivity contribution is 0.603. The highest BCUT2D eigenvalue weighted by atomic mass is 35.5. The first-order valence-electron chi connectivity index (χ1n) is 4.07. The van der Waals surface area contributed by atoms with Crippen molar-refractivity contribution in [3.05, 3.63) is 45.0 Å². The molecule has 0 aliphatic rings. The fourth-order valence-corrected chi connectivity index (χ4v) is 1.57. The molecule has 4 heteroatoms. The van der Waals surface area contributed by atoms with Crippen molar-refractivity contribution < 1.29 is 4.39 Å². The van der Waals surface area contributed by atoms with Gasteiger partial charge in [0, 0.05) is 15.9 Å². The summed E-state index contributed by atoms with van der Waals surface area (Å²) in [7, 11) is 0. The van der Waals surface area contributed by atoms with Crippen molar-refractivity contribution >= 4 is 22.5 Å². The number of hydrogen-bond acceptors (Lipinski definition) is 1. The fraction of sp³-hybridized carbons (Fsp3) is 0.100. The Morgan fingerprint density at radius 3 is 2.86 bits per heavy atom. The van der Waals surface area contributed by atoms with Gasteiger partial charge in [-0.05, 0) is 30.7 Å². The highest BCUT2D eigenvalue weighted by molar-refractivity contribution is 6.31. The number of H-pyrrole nitrogens is 1. The number of halogens is 2. The van der Waals surface area contributed by atoms with E-state index in [2.05, 4.69) is 4.98 Å². The maximum atomic E-state index is 13.2. The van der Waals surface area contributed by atoms with Gasteiger partial charge in [0.1, 0.15) is 0 Å². The Morgan fingerprint density at radius 2 is 2.14 bits per heavy atom. The second kappa shape index (κ2) is 3.10. The second-order valence-electron chi connectivity index (χ2n) is 3.08. The average Bonchev–Trinajstić information content (AvgIpc) is 2.16. The smallest absolute Gasteiger partial charge is 0.284 e. The summed E-state index contributed by atoms with van der Waals surface area (Å²) in [6.45, 7) is 1.56. The summed E-state index contributed by atoms with van der Waals surface area (Å²) in [5.74, 6) is -0.750. The first kappa shape index (κ1) is 9.21. The summed E-state index contributed by atoms with van der Waals surface area (Å²) in [5.41, 5.74) is 0.224. The summed E-state index contributed by atoms with van der Waals surface area (Å²) in [4.78, 5) is 13.5. The first-order chi connectivity index (χ1) is 6.59. The molecule has 0 saturated heterocycles. The van der Waals surface area contributed by atoms with Crippen molar-refractivity contribution in [3.8, 4) is 0 Å². The summed E-state index contributed by atoms with van der Waals surface area (Å²) < 4.78 is 13.2. The molecule has 1 aromatic carbocycles. The Hall–Kier alpha value is -1.35. The SMILES string of the molecule is Cc1c(F)c(=O)[nH]c2ccc(Cl)cc12. The van der Waals surface area contributed by atoms with E-state index < -0.39 is 11.4 Å². The largest absolute Gasteiger partial charge is 0.319 e. The van der Waals surface area contributed by atoms with E-state index in [1.807, 2.05) is 0 Å². The third-order valence-corrected chi connectivity index (χ3v) is 2.40. The minimum absolute atomic E-state index is 0.325. The van der Waals surface area contributed by atoms with Crippen LogP contribution in [-0.4, -0.2) is 4.98 Å². The van der Waals surface area contributed by atoms with E-state index in [1.54, 1.807) is 25.1 Å². The first-order valence-corrected chi connectivity index (χ1v) is 4.45. The Labute approximate surface area is 84.3 Å². The molecule has 1 aromatic heterocycles. The van der Waals surface area contributed by atoms with E-state index in [4.69, 9.17) is 11.6 Å². The van der Waals surface area contributed by atoms with Crippen molar-refractivity contribution in [1.82, 2.24) is 4.98 Å². The van der Waals surface area contributed by atoms with Crippen LogP contribution < -0.4 is 5.56 Å². The number of rotatable bonds is 0. The lowest BCUT2D eigenvalue weighted by atomic mass is 10.1. The minimum Gasteiger partial charge on any atom is -0.319 e. The van der Waals surface area contributed by atoms with Gasteiger partial charge in [0.05, 0.1) is 0 Å². The van der Waals surface area contributed by atoms with Crippen LogP contribution in [0.15, 0.2) is 23.0 Å². The quantitative estimate of drug-likeness (QED) is 0.714. The Balaban J connectivity index is 2.99. The van der Waals surface area contributed by atoms with Gasteiger partial charge in [0.25, 0.3) is 5.56 Å². The molecular formula is C10H7ClFNO. The third-order valence-electron chi connectivity index (χ3n) is 2.16. The predicted molar refractivity (Wildman–Crippen MR) is 54.3 cm³/mol. The van der Waals surface area contributed by atoms with Crippen LogP contribution >= 0.6 is 11.6 Å². The van der Waals surface area contributed by atoms with E-state index in [0.29, 0.717) is 21.5 Å². The van der Waals surface area contributed by atoms with Gasteiger partial charge in [-0.2, -0.15) is 0 Å². The number of pyridine rings is 1. The summed E-state index contributed by atoms with van der Waals surface area (Å²) in [6.07, 6.45) is 0. The van der Waals surface area contributed by atoms with Crippen LogP contribution in [0, 0.1) is 12.7 Å². The zero-order valence-corrected chi connectivity index (χ0v) is 8.15. The molecule has 1 N–H and O–H groups in total. The molecule has 0 spiro atoms. The van der Waals surface area contributed by atoms with Gasteiger partial charge < -0.3 is 4.98 Å². The fourth-order valence-electron chi connectivity index (χ4n) is 1.40. The third kappa shape index (κ3) is 1.30. The van der Waals surface area contributed by atoms with Crippen LogP contribution in [0.3, 0.4) is 0 Å². The van der Waals surface area contributed by atoms with E-state index in [9.17, 15) is 9.18 Å². The molecule has 0 amide bonds. The minimum atomic E-state index is -0.750. The number of hydrogen-bond donors (Lipinski definition) is 1. The van der Waals surface area contributed by atoms with Crippen molar-refractivity contribution in [2.75, 3.05) is 0 Å². The molecule has 0 bridgehead atoms. The summed E-state index contributed by atoms with van der Waals surface area (Å²) >= 11 is 5.77. The molecular weight excluding hydrogens is 205 g/mol. The number of aryl methyl sites for hydroxylation is 1. The highest BCUT2D eigenvalue weighted by Crippen LogP contribution is 2.20. The van der Waals surface area contributed by atoms with Gasteiger partial charge >= 0.3 is 0 Å². The number of fused-ring (bicyclic) bond motifs is 1. The Bertz CT molecular complexity index is 562. The molecule has 0 aliphatic carbocycles. The second-order valence-corrected chi connectivity index (χ2v) is 3.52. The molecule has 1 heterocycles. The molecule has 0 atom stereocenters. The van der Waals surface area contributed by atoms with E-state index in [1.165, 1.54) is 0 Å². The number of nitrogens with one attached hydrogen (secondary N) is 1. The molecule has 0 radical (unpaired) electrons. The Kier molecular flexibility index (Phi) is 2.04. The lowest BCUT2D eigenvalue weighted by Gasteiger charge is -2.02. The van der Waals surface area contributed by atoms with Crippen LogP contribution in [0.25, 0.3) is 10.9 Å². The van der Waals surface area contributed by atoms with Gasteiger partial charge in [-0.1, -0.05) is 11.6 Å². The van der Waals surface area contributed by atoms with Crippen molar-refractivity contribution in [3.63, 3.8) is 0 Å². The predicted octanol–water partition coefficient (Wildman–Crippen LogP) is 2.63. The summed E-state index contributed by atoms with van der Waals surface area (Å²) in [5, 5.41) is 1.15. The standard InChI is InChI=1S/C10H7ClFNO/c1-5-7-4-6(11)2-3-8(7)13-10(14)9(5)12/h2-4H,1H3,(H,13,14). The number of aromatic amines is 1. The molecule has 0 fully saturated rings. The van der Waals surface area contributed by atoms with Crippen molar-refractivity contribution in [1.29, 1.82) is 0 Å². The lowest BCUT2D eigenvalue weighted by Crippen LogP contribution is -2.12. The molecule has 2 aromatic rings. The van der Waals surface area contributed by atoms with Crippen LogP contribution in [0.2, 0.25) is 5.02 Å². The van der Waals surface area contributed by atoms with Gasteiger partial charge in [0.2, 0.25) is 0 Å². The monoisotopic (exact) mass is 211 g/mol.